The maximum atomic E-state index is 6.01. The van der Waals surface area contributed by atoms with Crippen LogP contribution >= 0.6 is 11.6 Å². The third-order valence-electron chi connectivity index (χ3n) is 4.38. The minimum absolute atomic E-state index is 0.684. The molecule has 0 unspecified atom stereocenters. The average Bonchev–Trinajstić information content (AvgIpc) is 2.63. The molecular formula is C20H25ClN4. The van der Waals surface area contributed by atoms with Crippen LogP contribution in [0.2, 0.25) is 5.02 Å². The highest BCUT2D eigenvalue weighted by atomic mass is 35.5. The molecule has 0 amide bonds. The van der Waals surface area contributed by atoms with Crippen molar-refractivity contribution in [2.45, 2.75) is 38.5 Å². The molecule has 132 valence electrons. The van der Waals surface area contributed by atoms with Crippen molar-refractivity contribution in [3.05, 3.63) is 58.8 Å². The van der Waals surface area contributed by atoms with Gasteiger partial charge < -0.3 is 10.6 Å². The van der Waals surface area contributed by atoms with Crippen LogP contribution in [0, 0.1) is 0 Å². The van der Waals surface area contributed by atoms with E-state index < -0.39 is 0 Å². The molecule has 2 N–H and O–H groups in total. The van der Waals surface area contributed by atoms with E-state index in [4.69, 9.17) is 11.6 Å². The Labute approximate surface area is 154 Å². The molecule has 0 spiro atoms. The lowest BCUT2D eigenvalue weighted by Gasteiger charge is -2.13. The maximum Gasteiger partial charge on any atom is 0.224 e. The highest BCUT2D eigenvalue weighted by molar-refractivity contribution is 6.30. The fourth-order valence-corrected chi connectivity index (χ4v) is 3.25. The quantitative estimate of drug-likeness (QED) is 0.647. The van der Waals surface area contributed by atoms with Crippen LogP contribution in [-0.2, 0) is 6.42 Å². The molecule has 0 atom stereocenters. The second kappa shape index (κ2) is 9.42. The first kappa shape index (κ1) is 17.7. The zero-order valence-corrected chi connectivity index (χ0v) is 15.2. The average molecular weight is 357 g/mol. The van der Waals surface area contributed by atoms with Crippen LogP contribution < -0.4 is 10.6 Å². The van der Waals surface area contributed by atoms with E-state index in [0.717, 1.165) is 36.8 Å². The Morgan fingerprint density at radius 3 is 2.80 bits per heavy atom. The van der Waals surface area contributed by atoms with Gasteiger partial charge in [-0.1, -0.05) is 35.4 Å². The van der Waals surface area contributed by atoms with E-state index in [1.165, 1.54) is 31.2 Å². The highest BCUT2D eigenvalue weighted by Crippen LogP contribution is 2.20. The Hall–Kier alpha value is -2.07. The Morgan fingerprint density at radius 1 is 1.04 bits per heavy atom. The minimum Gasteiger partial charge on any atom is -0.370 e. The number of halogens is 1. The van der Waals surface area contributed by atoms with E-state index in [1.807, 2.05) is 24.3 Å². The van der Waals surface area contributed by atoms with E-state index in [1.54, 1.807) is 11.8 Å². The van der Waals surface area contributed by atoms with E-state index in [9.17, 15) is 0 Å². The van der Waals surface area contributed by atoms with Gasteiger partial charge in [0.25, 0.3) is 0 Å². The Balaban J connectivity index is 1.43. The highest BCUT2D eigenvalue weighted by Gasteiger charge is 2.04. The number of allylic oxidation sites excluding steroid dienone is 1. The summed E-state index contributed by atoms with van der Waals surface area (Å²) in [7, 11) is 0. The van der Waals surface area contributed by atoms with Crippen molar-refractivity contribution in [1.82, 2.24) is 9.97 Å². The summed E-state index contributed by atoms with van der Waals surface area (Å²) < 4.78 is 0. The van der Waals surface area contributed by atoms with Crippen molar-refractivity contribution in [3.63, 3.8) is 0 Å². The lowest BCUT2D eigenvalue weighted by Crippen LogP contribution is -2.10. The Morgan fingerprint density at radius 2 is 1.96 bits per heavy atom. The van der Waals surface area contributed by atoms with Crippen molar-refractivity contribution < 1.29 is 0 Å². The zero-order valence-electron chi connectivity index (χ0n) is 14.5. The maximum absolute atomic E-state index is 6.01. The summed E-state index contributed by atoms with van der Waals surface area (Å²) in [6.45, 7) is 1.70. The van der Waals surface area contributed by atoms with E-state index in [0.29, 0.717) is 5.95 Å². The lowest BCUT2D eigenvalue weighted by molar-refractivity contribution is 0.679. The van der Waals surface area contributed by atoms with Gasteiger partial charge in [-0.2, -0.15) is 4.98 Å². The number of benzene rings is 1. The van der Waals surface area contributed by atoms with Crippen molar-refractivity contribution >= 4 is 23.4 Å². The minimum atomic E-state index is 0.684. The fourth-order valence-electron chi connectivity index (χ4n) is 3.04. The SMILES string of the molecule is Clc1cccc(CCNc2ccnc(NCCC3=CCCCC3)n2)c1. The molecule has 2 aromatic rings. The smallest absolute Gasteiger partial charge is 0.224 e. The molecule has 0 fully saturated rings. The third kappa shape index (κ3) is 6.05. The first-order valence-electron chi connectivity index (χ1n) is 9.03. The van der Waals surface area contributed by atoms with E-state index >= 15 is 0 Å². The molecule has 0 aliphatic heterocycles. The summed E-state index contributed by atoms with van der Waals surface area (Å²) in [6, 6.07) is 9.85. The van der Waals surface area contributed by atoms with Crippen LogP contribution in [0.4, 0.5) is 11.8 Å². The van der Waals surface area contributed by atoms with Crippen LogP contribution in [-0.4, -0.2) is 23.1 Å². The summed E-state index contributed by atoms with van der Waals surface area (Å²) >= 11 is 6.01. The second-order valence-corrected chi connectivity index (χ2v) is 6.79. The van der Waals surface area contributed by atoms with Gasteiger partial charge in [-0.05, 0) is 62.3 Å². The molecule has 1 aromatic heterocycles. The lowest BCUT2D eigenvalue weighted by atomic mass is 9.97. The number of anilines is 2. The van der Waals surface area contributed by atoms with Crippen molar-refractivity contribution in [3.8, 4) is 0 Å². The van der Waals surface area contributed by atoms with Crippen LogP contribution in [0.3, 0.4) is 0 Å². The molecule has 3 rings (SSSR count). The monoisotopic (exact) mass is 356 g/mol. The molecule has 0 bridgehead atoms. The number of hydrogen-bond acceptors (Lipinski definition) is 4. The molecular weight excluding hydrogens is 332 g/mol. The van der Waals surface area contributed by atoms with Gasteiger partial charge in [-0.3, -0.25) is 0 Å². The topological polar surface area (TPSA) is 49.8 Å². The number of rotatable bonds is 8. The molecule has 25 heavy (non-hydrogen) atoms. The van der Waals surface area contributed by atoms with Crippen LogP contribution in [0.15, 0.2) is 48.2 Å². The number of aromatic nitrogens is 2. The van der Waals surface area contributed by atoms with Crippen LogP contribution in [0.25, 0.3) is 0 Å². The van der Waals surface area contributed by atoms with Gasteiger partial charge >= 0.3 is 0 Å². The molecule has 0 radical (unpaired) electrons. The van der Waals surface area contributed by atoms with Gasteiger partial charge in [0.1, 0.15) is 5.82 Å². The molecule has 0 saturated carbocycles. The van der Waals surface area contributed by atoms with Crippen LogP contribution in [0.1, 0.15) is 37.7 Å². The second-order valence-electron chi connectivity index (χ2n) is 6.36. The summed E-state index contributed by atoms with van der Waals surface area (Å²) in [5.41, 5.74) is 2.78. The zero-order chi connectivity index (χ0) is 17.3. The Kier molecular flexibility index (Phi) is 6.69. The molecule has 4 nitrogen and oxygen atoms in total. The van der Waals surface area contributed by atoms with Gasteiger partial charge in [0.05, 0.1) is 0 Å². The molecule has 0 saturated heterocycles. The first-order chi connectivity index (χ1) is 12.3. The summed E-state index contributed by atoms with van der Waals surface area (Å²) in [6.07, 6.45) is 11.3. The molecule has 1 heterocycles. The first-order valence-corrected chi connectivity index (χ1v) is 9.40. The van der Waals surface area contributed by atoms with Crippen molar-refractivity contribution in [2.24, 2.45) is 0 Å². The summed E-state index contributed by atoms with van der Waals surface area (Å²) in [4.78, 5) is 8.83. The fraction of sp³-hybridized carbons (Fsp3) is 0.400. The van der Waals surface area contributed by atoms with Gasteiger partial charge in [0, 0.05) is 24.3 Å². The number of nitrogens with zero attached hydrogens (tertiary/aromatic N) is 2. The summed E-state index contributed by atoms with van der Waals surface area (Å²) in [5.74, 6) is 1.53. The standard InChI is InChI=1S/C20H25ClN4/c21-18-8-4-7-17(15-18)10-12-22-19-11-14-24-20(25-19)23-13-9-16-5-2-1-3-6-16/h4-5,7-8,11,14-15H,1-3,6,9-10,12-13H2,(H2,22,23,24,25). The normalized spacial score (nSPS) is 14.0. The van der Waals surface area contributed by atoms with Crippen LogP contribution in [0.5, 0.6) is 0 Å². The Bertz CT molecular complexity index is 714. The third-order valence-corrected chi connectivity index (χ3v) is 4.61. The van der Waals surface area contributed by atoms with E-state index in [-0.39, 0.29) is 0 Å². The van der Waals surface area contributed by atoms with Crippen molar-refractivity contribution in [1.29, 1.82) is 0 Å². The predicted octanol–water partition coefficient (Wildman–Crippen LogP) is 5.09. The molecule has 1 aliphatic carbocycles. The molecule has 1 aromatic carbocycles. The van der Waals surface area contributed by atoms with E-state index in [2.05, 4.69) is 32.7 Å². The largest absolute Gasteiger partial charge is 0.370 e. The number of hydrogen-bond donors (Lipinski definition) is 2. The summed E-state index contributed by atoms with van der Waals surface area (Å²) in [5, 5.41) is 7.45. The van der Waals surface area contributed by atoms with Gasteiger partial charge in [-0.15, -0.1) is 0 Å². The van der Waals surface area contributed by atoms with Gasteiger partial charge in [0.2, 0.25) is 5.95 Å². The predicted molar refractivity (Wildman–Crippen MR) is 105 cm³/mol. The number of nitrogens with one attached hydrogen (secondary N) is 2. The van der Waals surface area contributed by atoms with Gasteiger partial charge in [0.15, 0.2) is 0 Å². The van der Waals surface area contributed by atoms with Crippen molar-refractivity contribution in [2.75, 3.05) is 23.7 Å². The molecule has 1 aliphatic rings. The molecule has 5 heteroatoms. The van der Waals surface area contributed by atoms with Gasteiger partial charge in [-0.25, -0.2) is 4.98 Å².